The van der Waals surface area contributed by atoms with Crippen LogP contribution in [0.3, 0.4) is 0 Å². The number of hydrogen-bond donors (Lipinski definition) is 3. The lowest BCUT2D eigenvalue weighted by atomic mass is 9.44. The van der Waals surface area contributed by atoms with Gasteiger partial charge in [0, 0.05) is 55.2 Å². The van der Waals surface area contributed by atoms with Crippen LogP contribution in [0.5, 0.6) is 0 Å². The molecule has 0 aromatic carbocycles. The minimum atomic E-state index is -0.286. The van der Waals surface area contributed by atoms with Crippen LogP contribution in [-0.2, 0) is 25.7 Å². The minimum absolute atomic E-state index is 0.0924. The Balaban J connectivity index is 0.977. The van der Waals surface area contributed by atoms with E-state index in [1.807, 2.05) is 12.1 Å². The van der Waals surface area contributed by atoms with Crippen LogP contribution in [0, 0.1) is 52.3 Å². The number of nitrogens with one attached hydrogen (secondary N) is 3. The summed E-state index contributed by atoms with van der Waals surface area (Å²) >= 11 is 0. The number of rotatable bonds is 5. The molecule has 1 aromatic rings. The van der Waals surface area contributed by atoms with Gasteiger partial charge in [-0.1, -0.05) is 33.8 Å². The molecular formula is C36H52N4O4. The number of ketones is 1. The molecule has 3 heterocycles. The largest absolute Gasteiger partial charge is 0.357 e. The molecule has 6 fully saturated rings. The van der Waals surface area contributed by atoms with Crippen molar-refractivity contribution < 1.29 is 19.1 Å². The number of piperidine rings is 1. The van der Waals surface area contributed by atoms with Gasteiger partial charge in [0.15, 0.2) is 0 Å². The van der Waals surface area contributed by atoms with Crippen LogP contribution in [0.25, 0.3) is 0 Å². The zero-order valence-corrected chi connectivity index (χ0v) is 27.1. The molecule has 1 aromatic heterocycles. The van der Waals surface area contributed by atoms with Crippen molar-refractivity contribution in [3.05, 3.63) is 30.1 Å². The number of nitrogens with zero attached hydrogens (tertiary/aromatic N) is 1. The Labute approximate surface area is 262 Å². The predicted octanol–water partition coefficient (Wildman–Crippen LogP) is 4.77. The Kier molecular flexibility index (Phi) is 7.71. The summed E-state index contributed by atoms with van der Waals surface area (Å²) in [7, 11) is 0. The fourth-order valence-corrected chi connectivity index (χ4v) is 11.5. The summed E-state index contributed by atoms with van der Waals surface area (Å²) in [6, 6.07) is 3.83. The van der Waals surface area contributed by atoms with Crippen LogP contribution in [0.1, 0.15) is 97.5 Å². The Bertz CT molecular complexity index is 1280. The normalized spacial score (nSPS) is 46.0. The molecule has 7 rings (SSSR count). The number of ether oxygens (including phenoxy) is 1. The Morgan fingerprint density at radius 3 is 2.66 bits per heavy atom. The molecule has 6 aliphatic rings. The molecule has 2 amide bonds. The SMILES string of the molecule is C[C@@H]1CC[C@@]2(NC1)O[C@H]1C[C@H]3[C@@H]4CC[C@H]5CC(NC(=O)CC(=O)NCc6cccnc6)CC[C@]5(C)[C@H]4CC(=O)[C@]3(C)[C@H]1[C@@H]2C. The number of carbonyl (C=O) groups is 3. The van der Waals surface area contributed by atoms with E-state index in [1.54, 1.807) is 12.4 Å². The lowest BCUT2D eigenvalue weighted by molar-refractivity contribution is -0.160. The standard InChI is InChI=1S/C36H52N4O4/c1-21-9-12-36(39-18-21)22(2)33-29(44-36)15-28-26-8-7-24-14-25(10-11-34(24,3)27(26)16-30(41)35(28,33)4)40-32(43)17-31(42)38-20-23-6-5-13-37-19-23/h5-6,13,19,21-22,24-29,33,39H,7-12,14-18,20H2,1-4H3,(H,38,42)(H,40,43)/t21-,22+,24+,25?,26-,27+,28+,29+,33+,34+,35-,36-/m1/s1. The van der Waals surface area contributed by atoms with Crippen molar-refractivity contribution in [2.75, 3.05) is 6.54 Å². The molecule has 2 aliphatic heterocycles. The number of carbonyl (C=O) groups excluding carboxylic acids is 3. The van der Waals surface area contributed by atoms with Gasteiger partial charge in [-0.15, -0.1) is 0 Å². The van der Waals surface area contributed by atoms with Gasteiger partial charge in [-0.3, -0.25) is 24.7 Å². The molecule has 240 valence electrons. The molecule has 0 radical (unpaired) electrons. The van der Waals surface area contributed by atoms with Gasteiger partial charge < -0.3 is 15.4 Å². The highest BCUT2D eigenvalue weighted by molar-refractivity contribution is 5.97. The molecule has 2 saturated heterocycles. The smallest absolute Gasteiger partial charge is 0.229 e. The molecule has 1 unspecified atom stereocenters. The highest BCUT2D eigenvalue weighted by Gasteiger charge is 2.71. The van der Waals surface area contributed by atoms with Crippen LogP contribution in [0.15, 0.2) is 24.5 Å². The van der Waals surface area contributed by atoms with E-state index in [2.05, 4.69) is 48.6 Å². The van der Waals surface area contributed by atoms with Crippen molar-refractivity contribution in [3.63, 3.8) is 0 Å². The first-order valence-corrected chi connectivity index (χ1v) is 17.4. The van der Waals surface area contributed by atoms with Gasteiger partial charge in [0.2, 0.25) is 11.8 Å². The lowest BCUT2D eigenvalue weighted by Gasteiger charge is -2.60. The van der Waals surface area contributed by atoms with Crippen LogP contribution >= 0.6 is 0 Å². The van der Waals surface area contributed by atoms with Gasteiger partial charge in [-0.2, -0.15) is 0 Å². The summed E-state index contributed by atoms with van der Waals surface area (Å²) in [5.74, 6) is 3.24. The maximum absolute atomic E-state index is 14.4. The third kappa shape index (κ3) is 4.85. The summed E-state index contributed by atoms with van der Waals surface area (Å²) in [5, 5.41) is 9.81. The molecule has 4 aliphatic carbocycles. The van der Waals surface area contributed by atoms with E-state index in [-0.39, 0.29) is 46.9 Å². The third-order valence-corrected chi connectivity index (χ3v) is 13.9. The van der Waals surface area contributed by atoms with E-state index in [0.29, 0.717) is 60.2 Å². The van der Waals surface area contributed by atoms with E-state index in [9.17, 15) is 14.4 Å². The zero-order chi connectivity index (χ0) is 30.9. The maximum atomic E-state index is 14.4. The number of fused-ring (bicyclic) bond motifs is 7. The van der Waals surface area contributed by atoms with Crippen molar-refractivity contribution in [1.82, 2.24) is 20.9 Å². The fourth-order valence-electron chi connectivity index (χ4n) is 11.5. The molecule has 0 bridgehead atoms. The Morgan fingerprint density at radius 1 is 1.07 bits per heavy atom. The van der Waals surface area contributed by atoms with E-state index in [1.165, 1.54) is 12.8 Å². The summed E-state index contributed by atoms with van der Waals surface area (Å²) < 4.78 is 6.97. The number of Topliss-reactive ketones (excluding diaryl/α,β-unsaturated/α-hetero) is 1. The average Bonchev–Trinajstić information content (AvgIpc) is 3.45. The van der Waals surface area contributed by atoms with Gasteiger partial charge >= 0.3 is 0 Å². The highest BCUT2D eigenvalue weighted by atomic mass is 16.5. The first kappa shape index (κ1) is 30.3. The van der Waals surface area contributed by atoms with Crippen LogP contribution in [-0.4, -0.2) is 47.0 Å². The second-order valence-electron chi connectivity index (χ2n) is 16.0. The fraction of sp³-hybridized carbons (Fsp3) is 0.778. The van der Waals surface area contributed by atoms with Gasteiger partial charge in [-0.25, -0.2) is 0 Å². The quantitative estimate of drug-likeness (QED) is 0.418. The van der Waals surface area contributed by atoms with Gasteiger partial charge in [0.05, 0.1) is 6.10 Å². The molecule has 3 N–H and O–H groups in total. The summed E-state index contributed by atoms with van der Waals surface area (Å²) in [6.45, 7) is 10.8. The van der Waals surface area contributed by atoms with E-state index >= 15 is 0 Å². The molecule has 4 saturated carbocycles. The Hall–Kier alpha value is -2.32. The first-order chi connectivity index (χ1) is 21.0. The van der Waals surface area contributed by atoms with Crippen molar-refractivity contribution >= 4 is 17.6 Å². The summed E-state index contributed by atoms with van der Waals surface area (Å²) in [6.07, 6.45) is 12.6. The second kappa shape index (κ2) is 11.2. The number of hydrogen-bond acceptors (Lipinski definition) is 6. The minimum Gasteiger partial charge on any atom is -0.357 e. The topological polar surface area (TPSA) is 109 Å². The first-order valence-electron chi connectivity index (χ1n) is 17.4. The maximum Gasteiger partial charge on any atom is 0.229 e. The third-order valence-electron chi connectivity index (χ3n) is 13.9. The van der Waals surface area contributed by atoms with Crippen molar-refractivity contribution in [3.8, 4) is 0 Å². The zero-order valence-electron chi connectivity index (χ0n) is 27.1. The average molecular weight is 605 g/mol. The summed E-state index contributed by atoms with van der Waals surface area (Å²) in [4.78, 5) is 43.6. The van der Waals surface area contributed by atoms with E-state index < -0.39 is 0 Å². The van der Waals surface area contributed by atoms with Gasteiger partial charge in [-0.05, 0) is 98.0 Å². The van der Waals surface area contributed by atoms with Gasteiger partial charge in [0.1, 0.15) is 17.9 Å². The van der Waals surface area contributed by atoms with Crippen molar-refractivity contribution in [2.24, 2.45) is 52.3 Å². The van der Waals surface area contributed by atoms with Crippen molar-refractivity contribution in [1.29, 1.82) is 0 Å². The number of aromatic nitrogens is 1. The van der Waals surface area contributed by atoms with Crippen molar-refractivity contribution in [2.45, 2.75) is 116 Å². The molecule has 44 heavy (non-hydrogen) atoms. The van der Waals surface area contributed by atoms with E-state index in [4.69, 9.17) is 4.74 Å². The molecule has 12 atom stereocenters. The van der Waals surface area contributed by atoms with Crippen LogP contribution in [0.2, 0.25) is 0 Å². The summed E-state index contributed by atoms with van der Waals surface area (Å²) in [5.41, 5.74) is 0.493. The molecule has 1 spiro atoms. The predicted molar refractivity (Wildman–Crippen MR) is 167 cm³/mol. The van der Waals surface area contributed by atoms with E-state index in [0.717, 1.165) is 50.6 Å². The Morgan fingerprint density at radius 2 is 1.91 bits per heavy atom. The monoisotopic (exact) mass is 604 g/mol. The molecule has 8 heteroatoms. The van der Waals surface area contributed by atoms with Crippen LogP contribution < -0.4 is 16.0 Å². The number of amides is 2. The lowest BCUT2D eigenvalue weighted by Crippen LogP contribution is -2.60. The second-order valence-corrected chi connectivity index (χ2v) is 16.0. The highest BCUT2D eigenvalue weighted by Crippen LogP contribution is 2.70. The van der Waals surface area contributed by atoms with Crippen LogP contribution in [0.4, 0.5) is 0 Å². The molecular weight excluding hydrogens is 552 g/mol. The van der Waals surface area contributed by atoms with Gasteiger partial charge in [0.25, 0.3) is 0 Å². The molecule has 8 nitrogen and oxygen atoms in total. The number of pyridine rings is 1.